The van der Waals surface area contributed by atoms with Gasteiger partial charge in [0, 0.05) is 12.4 Å². The molecule has 0 aliphatic rings. The van der Waals surface area contributed by atoms with E-state index in [1.165, 1.54) is 4.68 Å². The number of rotatable bonds is 4. The molecule has 0 unspecified atom stereocenters. The van der Waals surface area contributed by atoms with Crippen LogP contribution in [0.1, 0.15) is 0 Å². The molecule has 2 N–H and O–H groups in total. The summed E-state index contributed by atoms with van der Waals surface area (Å²) in [5, 5.41) is 4.04. The predicted octanol–water partition coefficient (Wildman–Crippen LogP) is 1.44. The van der Waals surface area contributed by atoms with E-state index >= 15 is 0 Å². The third-order valence-corrected chi connectivity index (χ3v) is 2.60. The van der Waals surface area contributed by atoms with Gasteiger partial charge in [0.2, 0.25) is 5.95 Å². The second-order valence-electron chi connectivity index (χ2n) is 3.98. The van der Waals surface area contributed by atoms with Crippen LogP contribution < -0.4 is 15.2 Å². The van der Waals surface area contributed by atoms with Gasteiger partial charge in [0.1, 0.15) is 0 Å². The van der Waals surface area contributed by atoms with Crippen LogP contribution in [-0.4, -0.2) is 31.8 Å². The summed E-state index contributed by atoms with van der Waals surface area (Å²) in [5.74, 6) is 1.37. The van der Waals surface area contributed by atoms with Gasteiger partial charge in [0.15, 0.2) is 11.5 Å². The smallest absolute Gasteiger partial charge is 0.328 e. The lowest BCUT2D eigenvalue weighted by Gasteiger charge is -2.09. The molecule has 0 radical (unpaired) electrons. The van der Waals surface area contributed by atoms with E-state index in [2.05, 4.69) is 20.1 Å². The molecular formula is C13H12N6O2. The van der Waals surface area contributed by atoms with Crippen LogP contribution in [-0.2, 0) is 0 Å². The molecule has 2 aromatic heterocycles. The summed E-state index contributed by atoms with van der Waals surface area (Å²) in [6, 6.07) is 8.98. The third-order valence-electron chi connectivity index (χ3n) is 2.60. The van der Waals surface area contributed by atoms with Gasteiger partial charge >= 0.3 is 6.01 Å². The lowest BCUT2D eigenvalue weighted by Crippen LogP contribution is -2.08. The molecule has 106 valence electrons. The van der Waals surface area contributed by atoms with Crippen LogP contribution in [0.3, 0.4) is 0 Å². The summed E-state index contributed by atoms with van der Waals surface area (Å²) >= 11 is 0. The Hall–Kier alpha value is -3.16. The molecular weight excluding hydrogens is 272 g/mol. The Morgan fingerprint density at radius 3 is 2.57 bits per heavy atom. The molecule has 3 rings (SSSR count). The maximum Gasteiger partial charge on any atom is 0.328 e. The van der Waals surface area contributed by atoms with Gasteiger partial charge in [-0.1, -0.05) is 12.1 Å². The Labute approximate surface area is 120 Å². The Morgan fingerprint density at radius 1 is 1.05 bits per heavy atom. The van der Waals surface area contributed by atoms with Gasteiger partial charge in [-0.3, -0.25) is 0 Å². The number of nitrogens with zero attached hydrogens (tertiary/aromatic N) is 5. The van der Waals surface area contributed by atoms with Crippen molar-refractivity contribution in [2.24, 2.45) is 0 Å². The molecule has 0 aliphatic carbocycles. The highest BCUT2D eigenvalue weighted by atomic mass is 16.5. The Bertz CT molecular complexity index is 744. The van der Waals surface area contributed by atoms with Crippen LogP contribution in [0.5, 0.6) is 17.5 Å². The van der Waals surface area contributed by atoms with E-state index in [1.807, 2.05) is 12.1 Å². The monoisotopic (exact) mass is 284 g/mol. The first-order valence-corrected chi connectivity index (χ1v) is 6.08. The number of methoxy groups -OCH3 is 1. The fourth-order valence-electron chi connectivity index (χ4n) is 1.70. The van der Waals surface area contributed by atoms with Crippen molar-refractivity contribution in [2.75, 3.05) is 12.8 Å². The standard InChI is InChI=1S/C13H12N6O2/c1-20-9-5-2-3-6-10(9)21-13-17-11(14)16-12(18-13)19-8-4-7-15-19/h2-8H,1H3,(H2,14,16,17,18). The van der Waals surface area contributed by atoms with Crippen molar-refractivity contribution < 1.29 is 9.47 Å². The second kappa shape index (κ2) is 5.45. The van der Waals surface area contributed by atoms with Gasteiger partial charge in [-0.2, -0.15) is 20.1 Å². The fraction of sp³-hybridized carbons (Fsp3) is 0.0769. The normalized spacial score (nSPS) is 10.3. The molecule has 0 saturated heterocycles. The number of para-hydroxylation sites is 2. The van der Waals surface area contributed by atoms with Crippen LogP contribution in [0, 0.1) is 0 Å². The minimum absolute atomic E-state index is 0.0420. The molecule has 2 heterocycles. The van der Waals surface area contributed by atoms with Crippen LogP contribution in [0.25, 0.3) is 5.95 Å². The molecule has 3 aromatic rings. The lowest BCUT2D eigenvalue weighted by molar-refractivity contribution is 0.367. The Kier molecular flexibility index (Phi) is 3.34. The van der Waals surface area contributed by atoms with Crippen LogP contribution in [0.15, 0.2) is 42.7 Å². The SMILES string of the molecule is COc1ccccc1Oc1nc(N)nc(-n2cccn2)n1. The predicted molar refractivity (Wildman–Crippen MR) is 74.4 cm³/mol. The topological polar surface area (TPSA) is 101 Å². The van der Waals surface area contributed by atoms with Crippen molar-refractivity contribution in [2.45, 2.75) is 0 Å². The highest BCUT2D eigenvalue weighted by molar-refractivity contribution is 5.41. The largest absolute Gasteiger partial charge is 0.493 e. The summed E-state index contributed by atoms with van der Waals surface area (Å²) < 4.78 is 12.3. The van der Waals surface area contributed by atoms with Crippen molar-refractivity contribution in [1.82, 2.24) is 24.7 Å². The average molecular weight is 284 g/mol. The van der Waals surface area contributed by atoms with Crippen molar-refractivity contribution in [3.05, 3.63) is 42.7 Å². The van der Waals surface area contributed by atoms with E-state index in [4.69, 9.17) is 15.2 Å². The van der Waals surface area contributed by atoms with Crippen LogP contribution >= 0.6 is 0 Å². The van der Waals surface area contributed by atoms with E-state index in [-0.39, 0.29) is 17.9 Å². The van der Waals surface area contributed by atoms with Crippen molar-refractivity contribution in [3.8, 4) is 23.5 Å². The molecule has 0 saturated carbocycles. The zero-order valence-electron chi connectivity index (χ0n) is 11.2. The first-order chi connectivity index (χ1) is 10.3. The second-order valence-corrected chi connectivity index (χ2v) is 3.98. The van der Waals surface area contributed by atoms with Crippen molar-refractivity contribution in [1.29, 1.82) is 0 Å². The fourth-order valence-corrected chi connectivity index (χ4v) is 1.70. The zero-order valence-corrected chi connectivity index (χ0v) is 11.2. The van der Waals surface area contributed by atoms with E-state index in [9.17, 15) is 0 Å². The van der Waals surface area contributed by atoms with E-state index in [0.717, 1.165) is 0 Å². The number of ether oxygens (including phenoxy) is 2. The molecule has 0 spiro atoms. The number of anilines is 1. The Morgan fingerprint density at radius 2 is 1.86 bits per heavy atom. The highest BCUT2D eigenvalue weighted by Crippen LogP contribution is 2.29. The van der Waals surface area contributed by atoms with Crippen molar-refractivity contribution >= 4 is 5.95 Å². The molecule has 0 fully saturated rings. The zero-order chi connectivity index (χ0) is 14.7. The van der Waals surface area contributed by atoms with E-state index in [0.29, 0.717) is 11.5 Å². The number of benzene rings is 1. The molecule has 8 heteroatoms. The van der Waals surface area contributed by atoms with Gasteiger partial charge in [-0.25, -0.2) is 4.68 Å². The molecule has 8 nitrogen and oxygen atoms in total. The lowest BCUT2D eigenvalue weighted by atomic mass is 10.3. The van der Waals surface area contributed by atoms with Gasteiger partial charge in [0.05, 0.1) is 7.11 Å². The molecule has 1 aromatic carbocycles. The minimum atomic E-state index is 0.0420. The summed E-state index contributed by atoms with van der Waals surface area (Å²) in [6.07, 6.45) is 3.31. The number of hydrogen-bond acceptors (Lipinski definition) is 7. The maximum absolute atomic E-state index is 5.68. The number of nitrogen functional groups attached to an aromatic ring is 1. The number of nitrogens with two attached hydrogens (primary N) is 1. The highest BCUT2D eigenvalue weighted by Gasteiger charge is 2.11. The van der Waals surface area contributed by atoms with Gasteiger partial charge in [-0.15, -0.1) is 0 Å². The molecule has 21 heavy (non-hydrogen) atoms. The molecule has 0 aliphatic heterocycles. The number of hydrogen-bond donors (Lipinski definition) is 1. The van der Waals surface area contributed by atoms with Gasteiger partial charge < -0.3 is 15.2 Å². The van der Waals surface area contributed by atoms with Gasteiger partial charge in [0.25, 0.3) is 5.95 Å². The number of aromatic nitrogens is 5. The molecule has 0 bridgehead atoms. The van der Waals surface area contributed by atoms with Gasteiger partial charge in [-0.05, 0) is 18.2 Å². The summed E-state index contributed by atoms with van der Waals surface area (Å²) in [5.41, 5.74) is 5.68. The van der Waals surface area contributed by atoms with Crippen LogP contribution in [0.2, 0.25) is 0 Å². The first kappa shape index (κ1) is 12.9. The molecule has 0 amide bonds. The van der Waals surface area contributed by atoms with Crippen LogP contribution in [0.4, 0.5) is 5.95 Å². The summed E-state index contributed by atoms with van der Waals surface area (Å²) in [7, 11) is 1.55. The Balaban J connectivity index is 1.96. The van der Waals surface area contributed by atoms with Crippen molar-refractivity contribution in [3.63, 3.8) is 0 Å². The van der Waals surface area contributed by atoms with E-state index in [1.54, 1.807) is 37.7 Å². The maximum atomic E-state index is 5.68. The quantitative estimate of drug-likeness (QED) is 0.773. The van der Waals surface area contributed by atoms with E-state index < -0.39 is 0 Å². The molecule has 0 atom stereocenters. The third kappa shape index (κ3) is 2.73. The summed E-state index contributed by atoms with van der Waals surface area (Å²) in [6.45, 7) is 0. The summed E-state index contributed by atoms with van der Waals surface area (Å²) in [4.78, 5) is 12.1. The first-order valence-electron chi connectivity index (χ1n) is 6.08. The minimum Gasteiger partial charge on any atom is -0.493 e. The average Bonchev–Trinajstić information content (AvgIpc) is 3.01.